The minimum absolute atomic E-state index is 0. The summed E-state index contributed by atoms with van der Waals surface area (Å²) in [7, 11) is 0. The molecule has 0 atom stereocenters. The Morgan fingerprint density at radius 2 is 2.03 bits per heavy atom. The Morgan fingerprint density at radius 3 is 2.81 bits per heavy atom. The topological polar surface area (TPSA) is 66.0 Å². The van der Waals surface area contributed by atoms with E-state index in [1.54, 1.807) is 28.8 Å². The van der Waals surface area contributed by atoms with Crippen molar-refractivity contribution in [1.82, 2.24) is 10.6 Å². The number of nitrogens with zero attached hydrogens (tertiary/aromatic N) is 2. The van der Waals surface area contributed by atoms with Crippen molar-refractivity contribution in [2.45, 2.75) is 25.6 Å². The van der Waals surface area contributed by atoms with E-state index in [0.29, 0.717) is 25.6 Å². The SMILES string of the molecule is CCNC(=NCc1ccc(F)cc1CSC)NCCCN1C(=O)COc2ccccc21.I. The molecule has 0 fully saturated rings. The first-order valence-corrected chi connectivity index (χ1v) is 11.8. The highest BCUT2D eigenvalue weighted by molar-refractivity contribution is 14.0. The number of para-hydroxylation sites is 2. The van der Waals surface area contributed by atoms with Gasteiger partial charge in [0.05, 0.1) is 12.2 Å². The minimum Gasteiger partial charge on any atom is -0.482 e. The van der Waals surface area contributed by atoms with Gasteiger partial charge in [0.1, 0.15) is 11.6 Å². The van der Waals surface area contributed by atoms with Crippen LogP contribution < -0.4 is 20.3 Å². The van der Waals surface area contributed by atoms with Crippen LogP contribution in [0.4, 0.5) is 10.1 Å². The van der Waals surface area contributed by atoms with Crippen molar-refractivity contribution in [3.8, 4) is 5.75 Å². The van der Waals surface area contributed by atoms with Crippen LogP contribution in [-0.2, 0) is 17.1 Å². The van der Waals surface area contributed by atoms with Crippen molar-refractivity contribution in [3.63, 3.8) is 0 Å². The van der Waals surface area contributed by atoms with E-state index in [4.69, 9.17) is 4.74 Å². The van der Waals surface area contributed by atoms with Gasteiger partial charge >= 0.3 is 0 Å². The van der Waals surface area contributed by atoms with E-state index in [-0.39, 0.29) is 42.3 Å². The number of carbonyl (C=O) groups is 1. The molecule has 1 heterocycles. The molecule has 2 aromatic rings. The molecule has 0 aromatic heterocycles. The third-order valence-corrected chi connectivity index (χ3v) is 5.48. The van der Waals surface area contributed by atoms with Gasteiger partial charge in [0.2, 0.25) is 0 Å². The normalized spacial score (nSPS) is 13.2. The van der Waals surface area contributed by atoms with E-state index in [1.165, 1.54) is 6.07 Å². The van der Waals surface area contributed by atoms with Crippen LogP contribution in [0.3, 0.4) is 0 Å². The van der Waals surface area contributed by atoms with E-state index >= 15 is 0 Å². The molecule has 0 spiro atoms. The van der Waals surface area contributed by atoms with E-state index < -0.39 is 0 Å². The lowest BCUT2D eigenvalue weighted by Crippen LogP contribution is -2.42. The van der Waals surface area contributed by atoms with E-state index in [9.17, 15) is 9.18 Å². The molecule has 1 amide bonds. The maximum atomic E-state index is 13.6. The highest BCUT2D eigenvalue weighted by atomic mass is 127. The third kappa shape index (κ3) is 7.26. The van der Waals surface area contributed by atoms with Gasteiger partial charge in [-0.25, -0.2) is 9.38 Å². The maximum Gasteiger partial charge on any atom is 0.265 e. The second-order valence-electron chi connectivity index (χ2n) is 7.12. The molecular formula is C23H30FIN4O2S. The van der Waals surface area contributed by atoms with Crippen LogP contribution in [0.1, 0.15) is 24.5 Å². The van der Waals surface area contributed by atoms with Gasteiger partial charge in [0.15, 0.2) is 12.6 Å². The molecule has 6 nitrogen and oxygen atoms in total. The number of rotatable bonds is 9. The number of carbonyl (C=O) groups excluding carboxylic acids is 1. The number of fused-ring (bicyclic) bond motifs is 1. The number of aliphatic imine (C=N–C) groups is 1. The molecule has 3 rings (SSSR count). The first-order chi connectivity index (χ1) is 15.1. The third-order valence-electron chi connectivity index (χ3n) is 4.88. The average Bonchev–Trinajstić information content (AvgIpc) is 2.77. The summed E-state index contributed by atoms with van der Waals surface area (Å²) in [6, 6.07) is 12.5. The molecule has 0 saturated heterocycles. The molecular weight excluding hydrogens is 542 g/mol. The van der Waals surface area contributed by atoms with Gasteiger partial charge in [-0.2, -0.15) is 11.8 Å². The molecule has 1 aliphatic heterocycles. The fourth-order valence-electron chi connectivity index (χ4n) is 3.39. The Bertz CT molecular complexity index is 929. The Balaban J connectivity index is 0.00000363. The first-order valence-electron chi connectivity index (χ1n) is 10.4. The van der Waals surface area contributed by atoms with E-state index in [2.05, 4.69) is 15.6 Å². The van der Waals surface area contributed by atoms with Crippen LogP contribution >= 0.6 is 35.7 Å². The minimum atomic E-state index is -0.221. The van der Waals surface area contributed by atoms with Crippen molar-refractivity contribution in [3.05, 3.63) is 59.4 Å². The first kappa shape index (κ1) is 26.2. The highest BCUT2D eigenvalue weighted by Crippen LogP contribution is 2.31. The van der Waals surface area contributed by atoms with Gasteiger partial charge in [-0.05, 0) is 55.0 Å². The number of halogens is 2. The number of thioether (sulfide) groups is 1. The summed E-state index contributed by atoms with van der Waals surface area (Å²) in [6.07, 6.45) is 2.76. The zero-order valence-electron chi connectivity index (χ0n) is 18.4. The molecule has 0 unspecified atom stereocenters. The van der Waals surface area contributed by atoms with Gasteiger partial charge in [-0.15, -0.1) is 24.0 Å². The lowest BCUT2D eigenvalue weighted by atomic mass is 10.1. The van der Waals surface area contributed by atoms with Gasteiger partial charge in [-0.3, -0.25) is 4.79 Å². The van der Waals surface area contributed by atoms with Crippen LogP contribution in [0.15, 0.2) is 47.5 Å². The monoisotopic (exact) mass is 572 g/mol. The van der Waals surface area contributed by atoms with Crippen LogP contribution in [-0.4, -0.2) is 44.4 Å². The standard InChI is InChI=1S/C23H29FN4O2S.HI/c1-3-25-23(27-14-17-9-10-19(24)13-18(17)16-31-2)26-11-6-12-28-20-7-4-5-8-21(20)30-15-22(28)29;/h4-5,7-10,13H,3,6,11-12,14-16H2,1-2H3,(H2,25,26,27);1H. The molecule has 0 radical (unpaired) electrons. The van der Waals surface area contributed by atoms with Crippen molar-refractivity contribution in [2.24, 2.45) is 4.99 Å². The molecule has 2 N–H and O–H groups in total. The number of guanidine groups is 1. The highest BCUT2D eigenvalue weighted by Gasteiger charge is 2.24. The summed E-state index contributed by atoms with van der Waals surface area (Å²) in [6.45, 7) is 4.56. The predicted molar refractivity (Wildman–Crippen MR) is 141 cm³/mol. The Labute approximate surface area is 210 Å². The molecule has 9 heteroatoms. The molecule has 32 heavy (non-hydrogen) atoms. The summed E-state index contributed by atoms with van der Waals surface area (Å²) >= 11 is 1.66. The lowest BCUT2D eigenvalue weighted by Gasteiger charge is -2.29. The van der Waals surface area contributed by atoms with Crippen LogP contribution in [0, 0.1) is 5.82 Å². The summed E-state index contributed by atoms with van der Waals surface area (Å²) < 4.78 is 19.1. The number of ether oxygens (including phenoxy) is 1. The van der Waals surface area contributed by atoms with Crippen LogP contribution in [0.25, 0.3) is 0 Å². The molecule has 0 saturated carbocycles. The lowest BCUT2D eigenvalue weighted by molar-refractivity contribution is -0.121. The van der Waals surface area contributed by atoms with E-state index in [0.717, 1.165) is 41.3 Å². The van der Waals surface area contributed by atoms with Gasteiger partial charge < -0.3 is 20.3 Å². The molecule has 0 aliphatic carbocycles. The number of anilines is 1. The summed E-state index contributed by atoms with van der Waals surface area (Å²) in [5.74, 6) is 1.95. The number of nitrogens with one attached hydrogen (secondary N) is 2. The summed E-state index contributed by atoms with van der Waals surface area (Å²) in [5, 5.41) is 6.56. The quantitative estimate of drug-likeness (QED) is 0.204. The molecule has 174 valence electrons. The van der Waals surface area contributed by atoms with Gasteiger partial charge in [-0.1, -0.05) is 18.2 Å². The maximum absolute atomic E-state index is 13.6. The fourth-order valence-corrected chi connectivity index (χ4v) is 3.97. The van der Waals surface area contributed by atoms with Gasteiger partial charge in [0.25, 0.3) is 5.91 Å². The zero-order chi connectivity index (χ0) is 22.1. The van der Waals surface area contributed by atoms with Crippen molar-refractivity contribution in [2.75, 3.05) is 37.4 Å². The van der Waals surface area contributed by atoms with Crippen LogP contribution in [0.5, 0.6) is 5.75 Å². The van der Waals surface area contributed by atoms with E-state index in [1.807, 2.05) is 37.4 Å². The smallest absolute Gasteiger partial charge is 0.265 e. The van der Waals surface area contributed by atoms with Crippen molar-refractivity contribution in [1.29, 1.82) is 0 Å². The second kappa shape index (κ2) is 13.5. The number of benzene rings is 2. The molecule has 0 bridgehead atoms. The summed E-state index contributed by atoms with van der Waals surface area (Å²) in [4.78, 5) is 18.7. The van der Waals surface area contributed by atoms with Gasteiger partial charge in [0, 0.05) is 25.4 Å². The second-order valence-corrected chi connectivity index (χ2v) is 7.99. The number of hydrogen-bond acceptors (Lipinski definition) is 4. The van der Waals surface area contributed by atoms with Crippen molar-refractivity contribution < 1.29 is 13.9 Å². The largest absolute Gasteiger partial charge is 0.482 e. The zero-order valence-corrected chi connectivity index (χ0v) is 21.5. The Hall–Kier alpha value is -2.01. The predicted octanol–water partition coefficient (Wildman–Crippen LogP) is 4.18. The number of amides is 1. The molecule has 2 aromatic carbocycles. The summed E-state index contributed by atoms with van der Waals surface area (Å²) in [5.41, 5.74) is 2.80. The Morgan fingerprint density at radius 1 is 1.22 bits per heavy atom. The Kier molecular flexibility index (Phi) is 11.1. The fraction of sp³-hybridized carbons (Fsp3) is 0.391. The average molecular weight is 572 g/mol. The van der Waals surface area contributed by atoms with Crippen molar-refractivity contribution >= 4 is 53.3 Å². The van der Waals surface area contributed by atoms with Crippen LogP contribution in [0.2, 0.25) is 0 Å². The molecule has 1 aliphatic rings. The number of hydrogen-bond donors (Lipinski definition) is 2.